The van der Waals surface area contributed by atoms with E-state index in [0.717, 1.165) is 11.1 Å². The minimum atomic E-state index is -3.88. The Balaban J connectivity index is 2.17. The van der Waals surface area contributed by atoms with Gasteiger partial charge in [-0.3, -0.25) is 4.79 Å². The van der Waals surface area contributed by atoms with E-state index < -0.39 is 10.1 Å². The molecule has 0 saturated heterocycles. The molecule has 0 bridgehead atoms. The minimum Gasteiger partial charge on any atom is -0.469 e. The molecule has 0 atom stereocenters. The van der Waals surface area contributed by atoms with Gasteiger partial charge in [-0.25, -0.2) is 0 Å². The second kappa shape index (κ2) is 6.83. The van der Waals surface area contributed by atoms with Crippen LogP contribution < -0.4 is 4.18 Å². The maximum Gasteiger partial charge on any atom is 0.339 e. The summed E-state index contributed by atoms with van der Waals surface area (Å²) in [6.45, 7) is 3.75. The molecular weight excluding hydrogens is 316 g/mol. The minimum absolute atomic E-state index is 0.110. The molecule has 0 aromatic heterocycles. The van der Waals surface area contributed by atoms with Gasteiger partial charge in [0.05, 0.1) is 13.5 Å². The Labute approximate surface area is 136 Å². The number of hydrogen-bond donors (Lipinski definition) is 0. The van der Waals surface area contributed by atoms with Gasteiger partial charge in [0.1, 0.15) is 10.6 Å². The summed E-state index contributed by atoms with van der Waals surface area (Å²) in [7, 11) is -2.57. The van der Waals surface area contributed by atoms with Gasteiger partial charge < -0.3 is 8.92 Å². The molecule has 2 aromatic rings. The van der Waals surface area contributed by atoms with Crippen LogP contribution in [0.5, 0.6) is 5.75 Å². The standard InChI is InChI=1S/C17H18O5S/c1-12-4-9-16(10-13(12)2)23(19,20)22-15-7-5-14(6-8-15)11-17(18)21-3/h4-10H,11H2,1-3H3. The number of rotatable bonds is 5. The third-order valence-electron chi connectivity index (χ3n) is 3.47. The first-order valence-electron chi connectivity index (χ1n) is 6.99. The Morgan fingerprint density at radius 1 is 1.00 bits per heavy atom. The van der Waals surface area contributed by atoms with Gasteiger partial charge in [0.2, 0.25) is 0 Å². The zero-order valence-corrected chi connectivity index (χ0v) is 14.0. The van der Waals surface area contributed by atoms with E-state index in [9.17, 15) is 13.2 Å². The number of carbonyl (C=O) groups excluding carboxylic acids is 1. The first-order valence-corrected chi connectivity index (χ1v) is 8.40. The first-order chi connectivity index (χ1) is 10.8. The van der Waals surface area contributed by atoms with Crippen LogP contribution in [0.25, 0.3) is 0 Å². The highest BCUT2D eigenvalue weighted by atomic mass is 32.2. The quantitative estimate of drug-likeness (QED) is 0.621. The number of ether oxygens (including phenoxy) is 1. The lowest BCUT2D eigenvalue weighted by molar-refractivity contribution is -0.139. The number of aryl methyl sites for hydroxylation is 2. The summed E-state index contributed by atoms with van der Waals surface area (Å²) in [5.74, 6) is -0.168. The SMILES string of the molecule is COC(=O)Cc1ccc(OS(=O)(=O)c2ccc(C)c(C)c2)cc1. The van der Waals surface area contributed by atoms with Gasteiger partial charge in [-0.15, -0.1) is 0 Å². The number of hydrogen-bond acceptors (Lipinski definition) is 5. The maximum absolute atomic E-state index is 12.3. The van der Waals surface area contributed by atoms with Crippen LogP contribution in [0.15, 0.2) is 47.4 Å². The van der Waals surface area contributed by atoms with Gasteiger partial charge >= 0.3 is 16.1 Å². The number of benzene rings is 2. The molecule has 0 saturated carbocycles. The highest BCUT2D eigenvalue weighted by Gasteiger charge is 2.17. The topological polar surface area (TPSA) is 69.7 Å². The van der Waals surface area contributed by atoms with Crippen LogP contribution in [0.3, 0.4) is 0 Å². The molecule has 0 heterocycles. The fourth-order valence-corrected chi connectivity index (χ4v) is 2.96. The van der Waals surface area contributed by atoms with Crippen LogP contribution in [-0.4, -0.2) is 21.5 Å². The van der Waals surface area contributed by atoms with Crippen LogP contribution in [0.4, 0.5) is 0 Å². The van der Waals surface area contributed by atoms with E-state index in [1.807, 2.05) is 13.8 Å². The number of esters is 1. The summed E-state index contributed by atoms with van der Waals surface area (Å²) in [6, 6.07) is 11.1. The largest absolute Gasteiger partial charge is 0.469 e. The molecule has 0 amide bonds. The van der Waals surface area contributed by atoms with E-state index in [1.165, 1.54) is 25.3 Å². The molecule has 23 heavy (non-hydrogen) atoms. The van der Waals surface area contributed by atoms with Crippen LogP contribution >= 0.6 is 0 Å². The van der Waals surface area contributed by atoms with Gasteiger partial charge in [-0.1, -0.05) is 18.2 Å². The van der Waals surface area contributed by atoms with E-state index in [1.54, 1.807) is 24.3 Å². The van der Waals surface area contributed by atoms with E-state index in [-0.39, 0.29) is 23.0 Å². The van der Waals surface area contributed by atoms with Crippen molar-refractivity contribution in [3.8, 4) is 5.75 Å². The summed E-state index contributed by atoms with van der Waals surface area (Å²) in [6.07, 6.45) is 0.126. The normalized spacial score (nSPS) is 11.1. The summed E-state index contributed by atoms with van der Waals surface area (Å²) < 4.78 is 34.3. The Morgan fingerprint density at radius 3 is 2.22 bits per heavy atom. The second-order valence-electron chi connectivity index (χ2n) is 5.18. The molecule has 0 unspecified atom stereocenters. The summed E-state index contributed by atoms with van der Waals surface area (Å²) >= 11 is 0. The van der Waals surface area contributed by atoms with Gasteiger partial charge in [-0.05, 0) is 54.8 Å². The molecule has 0 aliphatic carbocycles. The third kappa shape index (κ3) is 4.32. The Bertz CT molecular complexity index is 807. The Kier molecular flexibility index (Phi) is 5.05. The summed E-state index contributed by atoms with van der Waals surface area (Å²) in [5, 5.41) is 0. The second-order valence-corrected chi connectivity index (χ2v) is 6.73. The van der Waals surface area contributed by atoms with Crippen molar-refractivity contribution in [2.24, 2.45) is 0 Å². The zero-order chi connectivity index (χ0) is 17.0. The molecule has 6 heteroatoms. The highest BCUT2D eigenvalue weighted by molar-refractivity contribution is 7.87. The average molecular weight is 334 g/mol. The van der Waals surface area contributed by atoms with E-state index in [0.29, 0.717) is 5.56 Å². The summed E-state index contributed by atoms with van der Waals surface area (Å²) in [5.41, 5.74) is 2.60. The van der Waals surface area contributed by atoms with Crippen molar-refractivity contribution in [3.63, 3.8) is 0 Å². The molecule has 2 rings (SSSR count). The Hall–Kier alpha value is -2.34. The molecule has 2 aromatic carbocycles. The summed E-state index contributed by atoms with van der Waals surface area (Å²) in [4.78, 5) is 11.3. The maximum atomic E-state index is 12.3. The first kappa shape index (κ1) is 17.0. The van der Waals surface area contributed by atoms with Crippen LogP contribution in [0, 0.1) is 13.8 Å². The van der Waals surface area contributed by atoms with Crippen molar-refractivity contribution in [1.29, 1.82) is 0 Å². The van der Waals surface area contributed by atoms with Gasteiger partial charge in [0, 0.05) is 0 Å². The molecular formula is C17H18O5S. The highest BCUT2D eigenvalue weighted by Crippen LogP contribution is 2.21. The molecule has 0 N–H and O–H groups in total. The smallest absolute Gasteiger partial charge is 0.339 e. The molecule has 122 valence electrons. The van der Waals surface area contributed by atoms with Crippen LogP contribution in [-0.2, 0) is 26.1 Å². The molecule has 0 fully saturated rings. The predicted molar refractivity (Wildman–Crippen MR) is 85.9 cm³/mol. The lowest BCUT2D eigenvalue weighted by atomic mass is 10.1. The van der Waals surface area contributed by atoms with Crippen molar-refractivity contribution in [2.75, 3.05) is 7.11 Å². The lowest BCUT2D eigenvalue weighted by Gasteiger charge is -2.09. The van der Waals surface area contributed by atoms with Crippen molar-refractivity contribution in [1.82, 2.24) is 0 Å². The van der Waals surface area contributed by atoms with E-state index in [2.05, 4.69) is 4.74 Å². The third-order valence-corrected chi connectivity index (χ3v) is 4.72. The van der Waals surface area contributed by atoms with Gasteiger partial charge in [0.25, 0.3) is 0 Å². The van der Waals surface area contributed by atoms with Gasteiger partial charge in [-0.2, -0.15) is 8.42 Å². The van der Waals surface area contributed by atoms with E-state index >= 15 is 0 Å². The monoisotopic (exact) mass is 334 g/mol. The number of methoxy groups -OCH3 is 1. The average Bonchev–Trinajstić information content (AvgIpc) is 2.51. The fraction of sp³-hybridized carbons (Fsp3) is 0.235. The van der Waals surface area contributed by atoms with Crippen LogP contribution in [0.1, 0.15) is 16.7 Å². The van der Waals surface area contributed by atoms with Gasteiger partial charge in [0.15, 0.2) is 0 Å². The molecule has 0 radical (unpaired) electrons. The van der Waals surface area contributed by atoms with Crippen molar-refractivity contribution in [2.45, 2.75) is 25.2 Å². The van der Waals surface area contributed by atoms with Crippen molar-refractivity contribution < 1.29 is 22.1 Å². The zero-order valence-electron chi connectivity index (χ0n) is 13.2. The molecule has 5 nitrogen and oxygen atoms in total. The van der Waals surface area contributed by atoms with Crippen molar-refractivity contribution >= 4 is 16.1 Å². The Morgan fingerprint density at radius 2 is 1.65 bits per heavy atom. The van der Waals surface area contributed by atoms with Crippen LogP contribution in [0.2, 0.25) is 0 Å². The van der Waals surface area contributed by atoms with Crippen molar-refractivity contribution in [3.05, 3.63) is 59.2 Å². The molecule has 0 spiro atoms. The molecule has 0 aliphatic rings. The number of carbonyl (C=O) groups is 1. The lowest BCUT2D eigenvalue weighted by Crippen LogP contribution is -2.10. The fourth-order valence-electron chi connectivity index (χ4n) is 1.95. The van der Waals surface area contributed by atoms with E-state index in [4.69, 9.17) is 4.18 Å². The molecule has 0 aliphatic heterocycles. The predicted octanol–water partition coefficient (Wildman–Crippen LogP) is 2.79.